The third kappa shape index (κ3) is 4.23. The summed E-state index contributed by atoms with van der Waals surface area (Å²) in [5, 5.41) is 4.81. The molecule has 0 bridgehead atoms. The normalized spacial score (nSPS) is 11.2. The quantitative estimate of drug-likeness (QED) is 0.881. The average molecular weight is 241 g/mol. The van der Waals surface area contributed by atoms with Gasteiger partial charge in [0.2, 0.25) is 0 Å². The van der Waals surface area contributed by atoms with Crippen molar-refractivity contribution in [2.45, 2.75) is 46.3 Å². The molecule has 0 saturated heterocycles. The summed E-state index contributed by atoms with van der Waals surface area (Å²) in [6, 6.07) is 2.09. The fraction of sp³-hybridized carbons (Fsp3) is 0.583. The van der Waals surface area contributed by atoms with Crippen LogP contribution in [-0.4, -0.2) is 11.7 Å². The summed E-state index contributed by atoms with van der Waals surface area (Å²) in [5.74, 6) is 0. The van der Waals surface area contributed by atoms with Crippen LogP contribution in [0.1, 0.15) is 38.1 Å². The van der Waals surface area contributed by atoms with E-state index >= 15 is 0 Å². The van der Waals surface area contributed by atoms with Crippen molar-refractivity contribution in [3.63, 3.8) is 0 Å². The van der Waals surface area contributed by atoms with Gasteiger partial charge in [-0.15, -0.1) is 11.3 Å². The SMILES string of the molecule is CCc1ccsc1CNC(=O)OC(C)(C)C. The molecule has 4 heteroatoms. The van der Waals surface area contributed by atoms with E-state index in [2.05, 4.69) is 18.3 Å². The largest absolute Gasteiger partial charge is 0.444 e. The molecule has 16 heavy (non-hydrogen) atoms. The summed E-state index contributed by atoms with van der Waals surface area (Å²) >= 11 is 1.66. The Labute approximate surface area is 101 Å². The van der Waals surface area contributed by atoms with E-state index in [9.17, 15) is 4.79 Å². The molecule has 0 fully saturated rings. The molecule has 1 N–H and O–H groups in total. The lowest BCUT2D eigenvalue weighted by Gasteiger charge is -2.19. The number of aryl methyl sites for hydroxylation is 1. The van der Waals surface area contributed by atoms with Crippen LogP contribution in [0.15, 0.2) is 11.4 Å². The van der Waals surface area contributed by atoms with Crippen LogP contribution in [0.4, 0.5) is 4.79 Å². The molecule has 0 aromatic carbocycles. The van der Waals surface area contributed by atoms with Gasteiger partial charge in [-0.1, -0.05) is 6.92 Å². The van der Waals surface area contributed by atoms with Crippen molar-refractivity contribution in [1.29, 1.82) is 0 Å². The van der Waals surface area contributed by atoms with Crippen LogP contribution in [0.25, 0.3) is 0 Å². The number of hydrogen-bond acceptors (Lipinski definition) is 3. The fourth-order valence-electron chi connectivity index (χ4n) is 1.30. The Balaban J connectivity index is 2.43. The maximum absolute atomic E-state index is 11.4. The summed E-state index contributed by atoms with van der Waals surface area (Å²) < 4.78 is 5.16. The highest BCUT2D eigenvalue weighted by atomic mass is 32.1. The van der Waals surface area contributed by atoms with E-state index in [0.717, 1.165) is 6.42 Å². The van der Waals surface area contributed by atoms with Gasteiger partial charge in [-0.3, -0.25) is 0 Å². The average Bonchev–Trinajstić information content (AvgIpc) is 2.59. The lowest BCUT2D eigenvalue weighted by molar-refractivity contribution is 0.0524. The van der Waals surface area contributed by atoms with Crippen LogP contribution in [0, 0.1) is 0 Å². The Morgan fingerprint density at radius 2 is 2.19 bits per heavy atom. The van der Waals surface area contributed by atoms with Gasteiger partial charge in [-0.25, -0.2) is 4.79 Å². The molecule has 0 aliphatic carbocycles. The second-order valence-corrected chi connectivity index (χ2v) is 5.58. The van der Waals surface area contributed by atoms with Crippen LogP contribution in [0.2, 0.25) is 0 Å². The second kappa shape index (κ2) is 5.34. The maximum atomic E-state index is 11.4. The first kappa shape index (κ1) is 13.0. The molecule has 1 amide bonds. The number of hydrogen-bond donors (Lipinski definition) is 1. The summed E-state index contributed by atoms with van der Waals surface area (Å²) in [7, 11) is 0. The van der Waals surface area contributed by atoms with E-state index in [1.807, 2.05) is 26.2 Å². The van der Waals surface area contributed by atoms with Crippen LogP contribution >= 0.6 is 11.3 Å². The van der Waals surface area contributed by atoms with Gasteiger partial charge >= 0.3 is 6.09 Å². The zero-order valence-corrected chi connectivity index (χ0v) is 11.1. The van der Waals surface area contributed by atoms with Crippen molar-refractivity contribution in [2.24, 2.45) is 0 Å². The van der Waals surface area contributed by atoms with E-state index in [0.29, 0.717) is 6.54 Å². The first-order valence-corrected chi connectivity index (χ1v) is 6.32. The fourth-order valence-corrected chi connectivity index (χ4v) is 2.22. The van der Waals surface area contributed by atoms with Gasteiger partial charge in [0.1, 0.15) is 5.60 Å². The molecule has 0 spiro atoms. The summed E-state index contributed by atoms with van der Waals surface area (Å²) in [5.41, 5.74) is 0.855. The van der Waals surface area contributed by atoms with Gasteiger partial charge < -0.3 is 10.1 Å². The minimum absolute atomic E-state index is 0.358. The zero-order valence-electron chi connectivity index (χ0n) is 10.3. The predicted octanol–water partition coefficient (Wildman–Crippen LogP) is 3.34. The van der Waals surface area contributed by atoms with E-state index in [4.69, 9.17) is 4.74 Å². The molecule has 1 rings (SSSR count). The van der Waals surface area contributed by atoms with Gasteiger partial charge in [-0.2, -0.15) is 0 Å². The molecule has 1 heterocycles. The molecule has 0 atom stereocenters. The molecule has 0 saturated carbocycles. The maximum Gasteiger partial charge on any atom is 0.407 e. The molecular weight excluding hydrogens is 222 g/mol. The smallest absolute Gasteiger partial charge is 0.407 e. The van der Waals surface area contributed by atoms with Gasteiger partial charge in [0.05, 0.1) is 6.54 Å². The monoisotopic (exact) mass is 241 g/mol. The molecule has 0 unspecified atom stereocenters. The number of nitrogens with one attached hydrogen (secondary N) is 1. The van der Waals surface area contributed by atoms with Gasteiger partial charge in [0.15, 0.2) is 0 Å². The van der Waals surface area contributed by atoms with E-state index < -0.39 is 5.60 Å². The van der Waals surface area contributed by atoms with Crippen molar-refractivity contribution in [3.8, 4) is 0 Å². The molecule has 1 aromatic rings. The highest BCUT2D eigenvalue weighted by molar-refractivity contribution is 7.10. The first-order chi connectivity index (χ1) is 7.42. The Bertz CT molecular complexity index is 352. The second-order valence-electron chi connectivity index (χ2n) is 4.58. The standard InChI is InChI=1S/C12H19NO2S/c1-5-9-6-7-16-10(9)8-13-11(14)15-12(2,3)4/h6-7H,5,8H2,1-4H3,(H,13,14). The third-order valence-electron chi connectivity index (χ3n) is 2.01. The van der Waals surface area contributed by atoms with Crippen LogP contribution in [0.3, 0.4) is 0 Å². The van der Waals surface area contributed by atoms with Crippen molar-refractivity contribution in [3.05, 3.63) is 21.9 Å². The highest BCUT2D eigenvalue weighted by Gasteiger charge is 2.16. The van der Waals surface area contributed by atoms with E-state index in [1.54, 1.807) is 11.3 Å². The highest BCUT2D eigenvalue weighted by Crippen LogP contribution is 2.17. The first-order valence-electron chi connectivity index (χ1n) is 5.44. The molecular formula is C12H19NO2S. The van der Waals surface area contributed by atoms with Gasteiger partial charge in [-0.05, 0) is 44.2 Å². The van der Waals surface area contributed by atoms with Crippen molar-refractivity contribution in [2.75, 3.05) is 0 Å². The number of ether oxygens (including phenoxy) is 1. The zero-order chi connectivity index (χ0) is 12.2. The third-order valence-corrected chi connectivity index (χ3v) is 2.97. The van der Waals surface area contributed by atoms with Gasteiger partial charge in [0, 0.05) is 4.88 Å². The molecule has 0 aliphatic rings. The Morgan fingerprint density at radius 3 is 2.75 bits per heavy atom. The van der Waals surface area contributed by atoms with Crippen LogP contribution in [-0.2, 0) is 17.7 Å². The number of amides is 1. The molecule has 3 nitrogen and oxygen atoms in total. The summed E-state index contributed by atoms with van der Waals surface area (Å²) in [6.07, 6.45) is 0.636. The molecule has 1 aromatic heterocycles. The Morgan fingerprint density at radius 1 is 1.50 bits per heavy atom. The lowest BCUT2D eigenvalue weighted by atomic mass is 10.2. The lowest BCUT2D eigenvalue weighted by Crippen LogP contribution is -2.32. The Hall–Kier alpha value is -1.03. The topological polar surface area (TPSA) is 38.3 Å². The van der Waals surface area contributed by atoms with E-state index in [1.165, 1.54) is 10.4 Å². The van der Waals surface area contributed by atoms with Crippen LogP contribution < -0.4 is 5.32 Å². The number of alkyl carbamates (subject to hydrolysis) is 1. The Kier molecular flexibility index (Phi) is 4.35. The summed E-state index contributed by atoms with van der Waals surface area (Å²) in [6.45, 7) is 8.23. The van der Waals surface area contributed by atoms with Crippen LogP contribution in [0.5, 0.6) is 0 Å². The number of carbonyl (C=O) groups is 1. The minimum Gasteiger partial charge on any atom is -0.444 e. The number of rotatable bonds is 3. The molecule has 0 aliphatic heterocycles. The molecule has 90 valence electrons. The summed E-state index contributed by atoms with van der Waals surface area (Å²) in [4.78, 5) is 12.6. The number of thiophene rings is 1. The van der Waals surface area contributed by atoms with Crippen molar-refractivity contribution < 1.29 is 9.53 Å². The van der Waals surface area contributed by atoms with Crippen molar-refractivity contribution in [1.82, 2.24) is 5.32 Å². The van der Waals surface area contributed by atoms with E-state index in [-0.39, 0.29) is 6.09 Å². The number of carbonyl (C=O) groups excluding carboxylic acids is 1. The predicted molar refractivity (Wildman–Crippen MR) is 66.8 cm³/mol. The van der Waals surface area contributed by atoms with Crippen molar-refractivity contribution >= 4 is 17.4 Å². The van der Waals surface area contributed by atoms with Gasteiger partial charge in [0.25, 0.3) is 0 Å². The molecule has 0 radical (unpaired) electrons. The minimum atomic E-state index is -0.437.